The topological polar surface area (TPSA) is 40.6 Å². The van der Waals surface area contributed by atoms with Crippen molar-refractivity contribution in [3.05, 3.63) is 94.0 Å². The van der Waals surface area contributed by atoms with Gasteiger partial charge in [-0.3, -0.25) is 9.59 Å². The minimum atomic E-state index is -0.817. The van der Waals surface area contributed by atoms with Crippen LogP contribution in [-0.4, -0.2) is 40.7 Å². The fourth-order valence-corrected chi connectivity index (χ4v) is 4.64. The van der Waals surface area contributed by atoms with Crippen molar-refractivity contribution >= 4 is 35.0 Å². The van der Waals surface area contributed by atoms with E-state index >= 15 is 0 Å². The van der Waals surface area contributed by atoms with Crippen LogP contribution in [-0.2, 0) is 22.6 Å². The molecule has 1 heterocycles. The van der Waals surface area contributed by atoms with Gasteiger partial charge in [-0.15, -0.1) is 0 Å². The van der Waals surface area contributed by atoms with Crippen molar-refractivity contribution in [1.82, 2.24) is 9.80 Å². The molecule has 1 unspecified atom stereocenters. The van der Waals surface area contributed by atoms with Crippen LogP contribution in [0.25, 0.3) is 11.1 Å². The lowest BCUT2D eigenvalue weighted by molar-refractivity contribution is -0.163. The molecule has 170 valence electrons. The van der Waals surface area contributed by atoms with E-state index in [4.69, 9.17) is 23.2 Å². The molecule has 0 N–H and O–H groups in total. The number of amides is 2. The lowest BCUT2D eigenvalue weighted by Gasteiger charge is -2.50. The van der Waals surface area contributed by atoms with Gasteiger partial charge >= 0.3 is 0 Å². The standard InChI is InChI=1S/C27H26Cl2N2O2/c1-27(26(33)30(2)18-19-9-11-23(28)12-10-19)13-14-31(27)25(32)16-20-5-3-6-21(15-20)22-7-4-8-24(29)17-22/h3-12,15,17H,13-14,16,18H2,1-2H3. The van der Waals surface area contributed by atoms with Gasteiger partial charge in [0.1, 0.15) is 5.54 Å². The van der Waals surface area contributed by atoms with Gasteiger partial charge in [0.15, 0.2) is 0 Å². The number of likely N-dealkylation sites (tertiary alicyclic amines) is 1. The van der Waals surface area contributed by atoms with Gasteiger partial charge in [-0.1, -0.05) is 71.7 Å². The van der Waals surface area contributed by atoms with Gasteiger partial charge in [0, 0.05) is 30.2 Å². The van der Waals surface area contributed by atoms with Crippen LogP contribution in [0.15, 0.2) is 72.8 Å². The van der Waals surface area contributed by atoms with E-state index in [0.29, 0.717) is 29.6 Å². The zero-order chi connectivity index (χ0) is 23.6. The maximum atomic E-state index is 13.3. The van der Waals surface area contributed by atoms with Crippen molar-refractivity contribution in [3.8, 4) is 11.1 Å². The summed E-state index contributed by atoms with van der Waals surface area (Å²) in [5, 5.41) is 1.33. The summed E-state index contributed by atoms with van der Waals surface area (Å²) < 4.78 is 0. The summed E-state index contributed by atoms with van der Waals surface area (Å²) in [6.45, 7) is 2.91. The molecule has 1 fully saturated rings. The number of nitrogens with zero attached hydrogens (tertiary/aromatic N) is 2. The van der Waals surface area contributed by atoms with Crippen LogP contribution in [0.1, 0.15) is 24.5 Å². The first-order chi connectivity index (χ1) is 15.8. The largest absolute Gasteiger partial charge is 0.339 e. The SMILES string of the molecule is CN(Cc1ccc(Cl)cc1)C(=O)C1(C)CCN1C(=O)Cc1cccc(-c2cccc(Cl)c2)c1. The van der Waals surface area contributed by atoms with Crippen molar-refractivity contribution in [3.63, 3.8) is 0 Å². The van der Waals surface area contributed by atoms with Crippen LogP contribution in [0.3, 0.4) is 0 Å². The molecule has 0 aliphatic carbocycles. The first kappa shape index (κ1) is 23.3. The van der Waals surface area contributed by atoms with Crippen LogP contribution >= 0.6 is 23.2 Å². The Labute approximate surface area is 204 Å². The van der Waals surface area contributed by atoms with Crippen LogP contribution < -0.4 is 0 Å². The lowest BCUT2D eigenvalue weighted by atomic mass is 9.84. The second-order valence-corrected chi connectivity index (χ2v) is 9.62. The van der Waals surface area contributed by atoms with E-state index in [9.17, 15) is 9.59 Å². The third kappa shape index (κ3) is 5.07. The average Bonchev–Trinajstić information content (AvgIpc) is 2.79. The molecule has 6 heteroatoms. The van der Waals surface area contributed by atoms with Gasteiger partial charge < -0.3 is 9.80 Å². The Bertz CT molecular complexity index is 1180. The molecule has 1 atom stereocenters. The molecule has 33 heavy (non-hydrogen) atoms. The molecule has 3 aromatic rings. The molecule has 0 radical (unpaired) electrons. The third-order valence-corrected chi connectivity index (χ3v) is 6.79. The lowest BCUT2D eigenvalue weighted by Crippen LogP contribution is -2.67. The highest BCUT2D eigenvalue weighted by atomic mass is 35.5. The average molecular weight is 481 g/mol. The van der Waals surface area contributed by atoms with E-state index in [0.717, 1.165) is 22.3 Å². The van der Waals surface area contributed by atoms with Crippen LogP contribution in [0.2, 0.25) is 10.0 Å². The smallest absolute Gasteiger partial charge is 0.248 e. The number of benzene rings is 3. The fourth-order valence-electron chi connectivity index (χ4n) is 4.33. The third-order valence-electron chi connectivity index (χ3n) is 6.30. The summed E-state index contributed by atoms with van der Waals surface area (Å²) in [5.41, 5.74) is 3.10. The van der Waals surface area contributed by atoms with Gasteiger partial charge in [-0.05, 0) is 59.9 Å². The van der Waals surface area contributed by atoms with Gasteiger partial charge in [-0.25, -0.2) is 0 Å². The molecule has 1 saturated heterocycles. The molecule has 0 aromatic heterocycles. The second kappa shape index (κ2) is 9.58. The first-order valence-electron chi connectivity index (χ1n) is 10.9. The Morgan fingerprint density at radius 3 is 2.21 bits per heavy atom. The van der Waals surface area contributed by atoms with E-state index in [1.807, 2.05) is 79.7 Å². The molecule has 4 nitrogen and oxygen atoms in total. The Morgan fingerprint density at radius 1 is 0.909 bits per heavy atom. The van der Waals surface area contributed by atoms with E-state index in [1.165, 1.54) is 0 Å². The highest BCUT2D eigenvalue weighted by Gasteiger charge is 2.50. The molecule has 4 rings (SSSR count). The van der Waals surface area contributed by atoms with E-state index < -0.39 is 5.54 Å². The maximum absolute atomic E-state index is 13.3. The maximum Gasteiger partial charge on any atom is 0.248 e. The van der Waals surface area contributed by atoms with Crippen LogP contribution in [0.5, 0.6) is 0 Å². The minimum Gasteiger partial charge on any atom is -0.339 e. The highest BCUT2D eigenvalue weighted by molar-refractivity contribution is 6.31. The molecule has 3 aromatic carbocycles. The Hall–Kier alpha value is -2.82. The molecule has 2 amide bonds. The Kier molecular flexibility index (Phi) is 6.78. The predicted octanol–water partition coefficient (Wildman–Crippen LogP) is 5.85. The van der Waals surface area contributed by atoms with Gasteiger partial charge in [0.2, 0.25) is 11.8 Å². The van der Waals surface area contributed by atoms with Crippen LogP contribution in [0.4, 0.5) is 0 Å². The molecular weight excluding hydrogens is 455 g/mol. The van der Waals surface area contributed by atoms with E-state index in [2.05, 4.69) is 0 Å². The summed E-state index contributed by atoms with van der Waals surface area (Å²) in [7, 11) is 1.78. The molecule has 0 spiro atoms. The summed E-state index contributed by atoms with van der Waals surface area (Å²) in [5.74, 6) is -0.0926. The number of hydrogen-bond donors (Lipinski definition) is 0. The normalized spacial score (nSPS) is 17.4. The first-order valence-corrected chi connectivity index (χ1v) is 11.7. The van der Waals surface area contributed by atoms with Gasteiger partial charge in [0.05, 0.1) is 6.42 Å². The monoisotopic (exact) mass is 480 g/mol. The van der Waals surface area contributed by atoms with Crippen LogP contribution in [0, 0.1) is 0 Å². The zero-order valence-electron chi connectivity index (χ0n) is 18.7. The van der Waals surface area contributed by atoms with Crippen molar-refractivity contribution in [2.24, 2.45) is 0 Å². The van der Waals surface area contributed by atoms with E-state index in [-0.39, 0.29) is 18.2 Å². The van der Waals surface area contributed by atoms with Crippen molar-refractivity contribution in [1.29, 1.82) is 0 Å². The number of likely N-dealkylation sites (N-methyl/N-ethyl adjacent to an activating group) is 1. The Morgan fingerprint density at radius 2 is 1.58 bits per heavy atom. The summed E-state index contributed by atoms with van der Waals surface area (Å²) in [6, 6.07) is 23.0. The quantitative estimate of drug-likeness (QED) is 0.443. The van der Waals surface area contributed by atoms with E-state index in [1.54, 1.807) is 16.8 Å². The summed E-state index contributed by atoms with van der Waals surface area (Å²) in [4.78, 5) is 29.8. The summed E-state index contributed by atoms with van der Waals surface area (Å²) in [6.07, 6.45) is 0.906. The predicted molar refractivity (Wildman–Crippen MR) is 133 cm³/mol. The molecule has 1 aliphatic rings. The van der Waals surface area contributed by atoms with Crippen molar-refractivity contribution < 1.29 is 9.59 Å². The second-order valence-electron chi connectivity index (χ2n) is 8.74. The van der Waals surface area contributed by atoms with Gasteiger partial charge in [0.25, 0.3) is 0 Å². The molecule has 0 saturated carbocycles. The summed E-state index contributed by atoms with van der Waals surface area (Å²) >= 11 is 12.1. The zero-order valence-corrected chi connectivity index (χ0v) is 20.2. The number of hydrogen-bond acceptors (Lipinski definition) is 2. The number of rotatable bonds is 6. The molecule has 1 aliphatic heterocycles. The number of carbonyl (C=O) groups excluding carboxylic acids is 2. The Balaban J connectivity index is 1.44. The van der Waals surface area contributed by atoms with Crippen molar-refractivity contribution in [2.45, 2.75) is 31.8 Å². The van der Waals surface area contributed by atoms with Gasteiger partial charge in [-0.2, -0.15) is 0 Å². The molecule has 0 bridgehead atoms. The number of halogens is 2. The fraction of sp³-hybridized carbons (Fsp3) is 0.259. The highest BCUT2D eigenvalue weighted by Crippen LogP contribution is 2.33. The molecular formula is C27H26Cl2N2O2. The minimum absolute atomic E-state index is 0.0414. The van der Waals surface area contributed by atoms with Crippen molar-refractivity contribution in [2.75, 3.05) is 13.6 Å². The number of carbonyl (C=O) groups is 2.